The van der Waals surface area contributed by atoms with Gasteiger partial charge in [0.25, 0.3) is 5.91 Å². The van der Waals surface area contributed by atoms with Gasteiger partial charge in [0.15, 0.2) is 0 Å². The Morgan fingerprint density at radius 3 is 2.25 bits per heavy atom. The lowest BCUT2D eigenvalue weighted by atomic mass is 10.1. The number of aromatic nitrogens is 3. The van der Waals surface area contributed by atoms with Gasteiger partial charge < -0.3 is 14.6 Å². The highest BCUT2D eigenvalue weighted by molar-refractivity contribution is 5.83. The van der Waals surface area contributed by atoms with Crippen LogP contribution in [0.15, 0.2) is 77.9 Å². The molecule has 214 valence electrons. The number of aryl methyl sites for hydroxylation is 1. The van der Waals surface area contributed by atoms with E-state index in [9.17, 15) is 31.5 Å². The number of nitrogens with zero attached hydrogens (tertiary/aromatic N) is 3. The largest absolute Gasteiger partial charge is 0.491 e. The van der Waals surface area contributed by atoms with Gasteiger partial charge in [-0.15, -0.1) is 0 Å². The normalized spacial score (nSPS) is 12.6. The van der Waals surface area contributed by atoms with Gasteiger partial charge in [0, 0.05) is 31.6 Å². The molecule has 0 aliphatic rings. The monoisotopic (exact) mass is 564 g/mol. The van der Waals surface area contributed by atoms with E-state index in [1.807, 2.05) is 19.9 Å². The molecule has 2 heterocycles. The van der Waals surface area contributed by atoms with E-state index in [4.69, 9.17) is 4.74 Å². The van der Waals surface area contributed by atoms with Crippen molar-refractivity contribution in [3.8, 4) is 11.4 Å². The highest BCUT2D eigenvalue weighted by Gasteiger charge is 2.34. The molecule has 1 N–H and O–H groups in total. The van der Waals surface area contributed by atoms with Crippen molar-refractivity contribution >= 4 is 16.8 Å². The molecule has 2 aromatic heterocycles. The lowest BCUT2D eigenvalue weighted by molar-refractivity contribution is -0.144. The van der Waals surface area contributed by atoms with Crippen molar-refractivity contribution < 1.29 is 31.5 Å². The number of carbonyl (C=O) groups excluding carboxylic acids is 1. The summed E-state index contributed by atoms with van der Waals surface area (Å²) in [5.41, 5.74) is 0.845. The third-order valence-electron chi connectivity index (χ3n) is 5.90. The molecule has 1 amide bonds. The van der Waals surface area contributed by atoms with E-state index in [1.165, 1.54) is 22.8 Å². The first-order valence-electron chi connectivity index (χ1n) is 12.3. The molecule has 0 saturated heterocycles. The minimum absolute atomic E-state index is 0.0555. The van der Waals surface area contributed by atoms with Crippen LogP contribution in [0.5, 0.6) is 5.75 Å². The minimum atomic E-state index is -4.21. The Bertz CT molecular complexity index is 1490. The number of fused-ring (bicyclic) bond motifs is 1. The molecule has 0 radical (unpaired) electrons. The average Bonchev–Trinajstić information content (AvgIpc) is 3.31. The molecular formula is C28H29F5N4O3. The van der Waals surface area contributed by atoms with E-state index >= 15 is 0 Å². The molecular weight excluding hydrogens is 535 g/mol. The summed E-state index contributed by atoms with van der Waals surface area (Å²) in [5.74, 6) is -4.32. The molecule has 12 heteroatoms. The number of halogens is 5. The Kier molecular flexibility index (Phi) is 9.33. The standard InChI is InChI=1S/C21H24F2N4O3.C7H5F3/c1-13(2)17(25-20(29)21(3,22)23)12-30-16-6-7-18-14(9-16)10-24-27(18)15-5-8-19(28)26(4)11-15;8-7(9,10)6-4-2-1-3-5-6/h5-11,13,17H,12H2,1-4H3,(H,25,29);1-5H. The summed E-state index contributed by atoms with van der Waals surface area (Å²) in [4.78, 5) is 23.2. The zero-order valence-corrected chi connectivity index (χ0v) is 22.2. The van der Waals surface area contributed by atoms with Crippen LogP contribution in [0, 0.1) is 5.92 Å². The average molecular weight is 565 g/mol. The number of alkyl halides is 5. The molecule has 4 aromatic rings. The number of ether oxygens (including phenoxy) is 1. The third kappa shape index (κ3) is 7.90. The highest BCUT2D eigenvalue weighted by atomic mass is 19.4. The smallest absolute Gasteiger partial charge is 0.416 e. The lowest BCUT2D eigenvalue weighted by Gasteiger charge is -2.24. The first kappa shape index (κ1) is 30.3. The quantitative estimate of drug-likeness (QED) is 0.296. The molecule has 0 aliphatic carbocycles. The number of rotatable bonds is 7. The second kappa shape index (κ2) is 12.3. The second-order valence-corrected chi connectivity index (χ2v) is 9.50. The Labute approximate surface area is 227 Å². The van der Waals surface area contributed by atoms with Gasteiger partial charge in [0.2, 0.25) is 5.56 Å². The van der Waals surface area contributed by atoms with Gasteiger partial charge in [-0.25, -0.2) is 4.68 Å². The first-order chi connectivity index (χ1) is 18.7. The van der Waals surface area contributed by atoms with Crippen LogP contribution in [0.25, 0.3) is 16.6 Å². The molecule has 1 unspecified atom stereocenters. The summed E-state index contributed by atoms with van der Waals surface area (Å²) in [6.07, 6.45) is -0.841. The van der Waals surface area contributed by atoms with Crippen molar-refractivity contribution in [3.63, 3.8) is 0 Å². The van der Waals surface area contributed by atoms with E-state index in [1.54, 1.807) is 48.4 Å². The van der Waals surface area contributed by atoms with E-state index in [0.29, 0.717) is 12.7 Å². The molecule has 0 bridgehead atoms. The van der Waals surface area contributed by atoms with E-state index in [2.05, 4.69) is 10.4 Å². The van der Waals surface area contributed by atoms with Gasteiger partial charge in [-0.3, -0.25) is 9.59 Å². The predicted octanol–water partition coefficient (Wildman–Crippen LogP) is 5.60. The lowest BCUT2D eigenvalue weighted by Crippen LogP contribution is -2.48. The molecule has 1 atom stereocenters. The number of amides is 1. The number of hydrogen-bond acceptors (Lipinski definition) is 4. The van der Waals surface area contributed by atoms with E-state index in [-0.39, 0.29) is 18.1 Å². The van der Waals surface area contributed by atoms with Gasteiger partial charge in [0.05, 0.1) is 29.0 Å². The number of nitrogens with one attached hydrogen (secondary N) is 1. The summed E-state index contributed by atoms with van der Waals surface area (Å²) in [6.45, 7) is 4.27. The Morgan fingerprint density at radius 1 is 1.02 bits per heavy atom. The molecule has 0 saturated carbocycles. The van der Waals surface area contributed by atoms with Gasteiger partial charge >= 0.3 is 12.1 Å². The number of hydrogen-bond donors (Lipinski definition) is 1. The number of benzene rings is 2. The summed E-state index contributed by atoms with van der Waals surface area (Å²) in [6, 6.07) is 14.3. The summed E-state index contributed by atoms with van der Waals surface area (Å²) < 4.78 is 70.7. The van der Waals surface area contributed by atoms with Crippen molar-refractivity contribution in [1.29, 1.82) is 0 Å². The Hall–Kier alpha value is -4.22. The van der Waals surface area contributed by atoms with Crippen LogP contribution in [-0.2, 0) is 18.0 Å². The first-order valence-corrected chi connectivity index (χ1v) is 12.3. The van der Waals surface area contributed by atoms with Crippen LogP contribution in [0.2, 0.25) is 0 Å². The van der Waals surface area contributed by atoms with Crippen LogP contribution in [0.1, 0.15) is 26.3 Å². The fourth-order valence-corrected chi connectivity index (χ4v) is 3.52. The van der Waals surface area contributed by atoms with Crippen LogP contribution in [0.3, 0.4) is 0 Å². The molecule has 0 fully saturated rings. The zero-order valence-electron chi connectivity index (χ0n) is 22.2. The van der Waals surface area contributed by atoms with Crippen molar-refractivity contribution in [2.75, 3.05) is 6.61 Å². The van der Waals surface area contributed by atoms with Crippen molar-refractivity contribution in [2.24, 2.45) is 13.0 Å². The van der Waals surface area contributed by atoms with Gasteiger partial charge in [0.1, 0.15) is 12.4 Å². The SMILES string of the molecule is CC(C)C(COc1ccc2c(cnn2-c2ccc(=O)n(C)c2)c1)NC(=O)C(C)(F)F.FC(F)(F)c1ccccc1. The van der Waals surface area contributed by atoms with Gasteiger partial charge in [-0.1, -0.05) is 44.2 Å². The van der Waals surface area contributed by atoms with Crippen molar-refractivity contribution in [3.05, 3.63) is 89.0 Å². The Morgan fingerprint density at radius 2 is 1.70 bits per heavy atom. The van der Waals surface area contributed by atoms with Crippen LogP contribution in [0.4, 0.5) is 22.0 Å². The van der Waals surface area contributed by atoms with Crippen LogP contribution in [-0.4, -0.2) is 38.8 Å². The van der Waals surface area contributed by atoms with Gasteiger partial charge in [-0.2, -0.15) is 27.1 Å². The highest BCUT2D eigenvalue weighted by Crippen LogP contribution is 2.28. The molecule has 7 nitrogen and oxygen atoms in total. The van der Waals surface area contributed by atoms with E-state index < -0.39 is 29.6 Å². The van der Waals surface area contributed by atoms with Crippen molar-refractivity contribution in [1.82, 2.24) is 19.7 Å². The van der Waals surface area contributed by atoms with Gasteiger partial charge in [-0.05, 0) is 30.2 Å². The molecule has 0 spiro atoms. The summed E-state index contributed by atoms with van der Waals surface area (Å²) in [5, 5.41) is 7.53. The fourth-order valence-electron chi connectivity index (χ4n) is 3.52. The number of carbonyl (C=O) groups is 1. The topological polar surface area (TPSA) is 78.2 Å². The minimum Gasteiger partial charge on any atom is -0.491 e. The maximum absolute atomic E-state index is 13.2. The molecule has 4 rings (SSSR count). The molecule has 2 aromatic carbocycles. The van der Waals surface area contributed by atoms with Crippen LogP contribution < -0.4 is 15.6 Å². The van der Waals surface area contributed by atoms with Crippen LogP contribution >= 0.6 is 0 Å². The second-order valence-electron chi connectivity index (χ2n) is 9.50. The summed E-state index contributed by atoms with van der Waals surface area (Å²) in [7, 11) is 1.67. The maximum Gasteiger partial charge on any atom is 0.416 e. The fraction of sp³-hybridized carbons (Fsp3) is 0.321. The molecule has 40 heavy (non-hydrogen) atoms. The third-order valence-corrected chi connectivity index (χ3v) is 5.90. The molecule has 0 aliphatic heterocycles. The Balaban J connectivity index is 0.000000371. The predicted molar refractivity (Wildman–Crippen MR) is 141 cm³/mol. The van der Waals surface area contributed by atoms with Crippen molar-refractivity contribution in [2.45, 2.75) is 38.9 Å². The zero-order chi connectivity index (χ0) is 29.7. The maximum atomic E-state index is 13.2. The number of pyridine rings is 1. The summed E-state index contributed by atoms with van der Waals surface area (Å²) >= 11 is 0. The van der Waals surface area contributed by atoms with E-state index in [0.717, 1.165) is 28.7 Å².